The topological polar surface area (TPSA) is 66.1 Å². The molecule has 30 heavy (non-hydrogen) atoms. The normalized spacial score (nSPS) is 11.1. The SMILES string of the molecule is COc1ccccc1-n1c(=O)n(Cc2cccc(C)c2)c(=O)c2c(C)cc(C)nc21. The summed E-state index contributed by atoms with van der Waals surface area (Å²) in [7, 11) is 1.55. The molecule has 2 heterocycles. The molecular weight excluding hydrogens is 378 g/mol. The Balaban J connectivity index is 2.12. The highest BCUT2D eigenvalue weighted by molar-refractivity contribution is 5.80. The first-order chi connectivity index (χ1) is 14.4. The number of rotatable bonds is 4. The Hall–Kier alpha value is -3.67. The van der Waals surface area contributed by atoms with Crippen molar-refractivity contribution in [1.82, 2.24) is 14.1 Å². The summed E-state index contributed by atoms with van der Waals surface area (Å²) >= 11 is 0. The lowest BCUT2D eigenvalue weighted by Gasteiger charge is -2.17. The van der Waals surface area contributed by atoms with Crippen molar-refractivity contribution in [3.05, 3.63) is 97.8 Å². The first-order valence-corrected chi connectivity index (χ1v) is 9.73. The number of aromatic nitrogens is 3. The number of nitrogens with zero attached hydrogens (tertiary/aromatic N) is 3. The van der Waals surface area contributed by atoms with Crippen LogP contribution >= 0.6 is 0 Å². The summed E-state index contributed by atoms with van der Waals surface area (Å²) in [6, 6.07) is 16.9. The van der Waals surface area contributed by atoms with Gasteiger partial charge in [-0.1, -0.05) is 42.0 Å². The molecule has 0 N–H and O–H groups in total. The van der Waals surface area contributed by atoms with E-state index in [0.29, 0.717) is 22.5 Å². The zero-order valence-electron chi connectivity index (χ0n) is 17.5. The van der Waals surface area contributed by atoms with E-state index in [1.165, 1.54) is 9.13 Å². The average Bonchev–Trinajstić information content (AvgIpc) is 2.71. The van der Waals surface area contributed by atoms with Crippen LogP contribution in [-0.4, -0.2) is 21.2 Å². The highest BCUT2D eigenvalue weighted by Crippen LogP contribution is 2.24. The Morgan fingerprint density at radius 3 is 2.47 bits per heavy atom. The summed E-state index contributed by atoms with van der Waals surface area (Å²) in [6.45, 7) is 5.88. The van der Waals surface area contributed by atoms with Crippen LogP contribution in [0, 0.1) is 20.8 Å². The van der Waals surface area contributed by atoms with Crippen LogP contribution in [-0.2, 0) is 6.54 Å². The number of para-hydroxylation sites is 2. The summed E-state index contributed by atoms with van der Waals surface area (Å²) in [5, 5.41) is 0.429. The molecule has 2 aromatic heterocycles. The number of aryl methyl sites for hydroxylation is 3. The number of methoxy groups -OCH3 is 1. The number of pyridine rings is 1. The van der Waals surface area contributed by atoms with Gasteiger partial charge >= 0.3 is 5.69 Å². The summed E-state index contributed by atoms with van der Waals surface area (Å²) in [5.74, 6) is 0.530. The minimum absolute atomic E-state index is 0.178. The van der Waals surface area contributed by atoms with E-state index in [1.54, 1.807) is 19.2 Å². The highest BCUT2D eigenvalue weighted by atomic mass is 16.5. The van der Waals surface area contributed by atoms with E-state index < -0.39 is 5.69 Å². The lowest BCUT2D eigenvalue weighted by atomic mass is 10.1. The fourth-order valence-corrected chi connectivity index (χ4v) is 3.84. The number of fused-ring (bicyclic) bond motifs is 1. The standard InChI is InChI=1S/C24H23N3O3/c1-15-8-7-9-18(12-15)14-26-23(28)21-16(2)13-17(3)25-22(21)27(24(26)29)19-10-5-6-11-20(19)30-4/h5-13H,14H2,1-4H3. The Bertz CT molecular complexity index is 1380. The van der Waals surface area contributed by atoms with E-state index in [1.807, 2.05) is 63.2 Å². The lowest BCUT2D eigenvalue weighted by molar-refractivity contribution is 0.412. The van der Waals surface area contributed by atoms with Gasteiger partial charge in [-0.15, -0.1) is 0 Å². The zero-order valence-corrected chi connectivity index (χ0v) is 17.5. The maximum absolute atomic E-state index is 13.6. The fraction of sp³-hybridized carbons (Fsp3) is 0.208. The number of hydrogen-bond donors (Lipinski definition) is 0. The van der Waals surface area contributed by atoms with Gasteiger partial charge in [0.05, 0.1) is 24.7 Å². The summed E-state index contributed by atoms with van der Waals surface area (Å²) < 4.78 is 8.24. The molecule has 0 atom stereocenters. The van der Waals surface area contributed by atoms with Gasteiger partial charge < -0.3 is 4.74 Å². The molecule has 0 radical (unpaired) electrons. The quantitative estimate of drug-likeness (QED) is 0.525. The predicted octanol–water partition coefficient (Wildman–Crippen LogP) is 3.53. The Morgan fingerprint density at radius 2 is 1.73 bits per heavy atom. The van der Waals surface area contributed by atoms with Gasteiger partial charge in [0.25, 0.3) is 5.56 Å². The fourth-order valence-electron chi connectivity index (χ4n) is 3.84. The van der Waals surface area contributed by atoms with Crippen molar-refractivity contribution in [1.29, 1.82) is 0 Å². The van der Waals surface area contributed by atoms with E-state index in [4.69, 9.17) is 4.74 Å². The third kappa shape index (κ3) is 3.30. The Morgan fingerprint density at radius 1 is 0.967 bits per heavy atom. The van der Waals surface area contributed by atoms with Gasteiger partial charge in [0.2, 0.25) is 0 Å². The molecule has 0 aliphatic carbocycles. The molecule has 0 unspecified atom stereocenters. The number of ether oxygens (including phenoxy) is 1. The smallest absolute Gasteiger partial charge is 0.337 e. The Labute approximate surface area is 174 Å². The molecule has 0 bridgehead atoms. The monoisotopic (exact) mass is 401 g/mol. The number of benzene rings is 2. The van der Waals surface area contributed by atoms with Crippen LogP contribution < -0.4 is 16.0 Å². The van der Waals surface area contributed by atoms with Crippen LogP contribution in [0.25, 0.3) is 16.7 Å². The van der Waals surface area contributed by atoms with Crippen LogP contribution in [0.5, 0.6) is 5.75 Å². The molecule has 0 aliphatic heterocycles. The Kier molecular flexibility index (Phi) is 4.99. The van der Waals surface area contributed by atoms with Gasteiger partial charge in [0.15, 0.2) is 5.65 Å². The lowest BCUT2D eigenvalue weighted by Crippen LogP contribution is -2.40. The molecule has 6 heteroatoms. The predicted molar refractivity (Wildman–Crippen MR) is 118 cm³/mol. The molecule has 2 aromatic carbocycles. The second kappa shape index (κ2) is 7.63. The maximum atomic E-state index is 13.6. The minimum atomic E-state index is -0.448. The molecule has 0 fully saturated rings. The highest BCUT2D eigenvalue weighted by Gasteiger charge is 2.20. The second-order valence-corrected chi connectivity index (χ2v) is 7.45. The van der Waals surface area contributed by atoms with Crippen LogP contribution in [0.15, 0.2) is 64.2 Å². The van der Waals surface area contributed by atoms with Crippen LogP contribution in [0.2, 0.25) is 0 Å². The first-order valence-electron chi connectivity index (χ1n) is 9.73. The molecule has 0 aliphatic rings. The molecule has 0 saturated carbocycles. The van der Waals surface area contributed by atoms with Gasteiger partial charge in [0.1, 0.15) is 5.75 Å². The average molecular weight is 401 g/mol. The van der Waals surface area contributed by atoms with Crippen molar-refractivity contribution in [2.45, 2.75) is 27.3 Å². The van der Waals surface area contributed by atoms with Gasteiger partial charge in [-0.2, -0.15) is 0 Å². The summed E-state index contributed by atoms with van der Waals surface area (Å²) in [4.78, 5) is 31.6. The van der Waals surface area contributed by atoms with E-state index in [9.17, 15) is 9.59 Å². The van der Waals surface area contributed by atoms with Crippen molar-refractivity contribution < 1.29 is 4.74 Å². The molecule has 0 saturated heterocycles. The van der Waals surface area contributed by atoms with E-state index >= 15 is 0 Å². The zero-order chi connectivity index (χ0) is 21.4. The van der Waals surface area contributed by atoms with Gasteiger partial charge in [0, 0.05) is 5.69 Å². The van der Waals surface area contributed by atoms with Crippen molar-refractivity contribution in [3.8, 4) is 11.4 Å². The third-order valence-electron chi connectivity index (χ3n) is 5.17. The maximum Gasteiger partial charge on any atom is 0.337 e. The van der Waals surface area contributed by atoms with E-state index in [2.05, 4.69) is 4.98 Å². The first kappa shape index (κ1) is 19.6. The van der Waals surface area contributed by atoms with Crippen molar-refractivity contribution in [2.24, 2.45) is 0 Å². The van der Waals surface area contributed by atoms with Crippen molar-refractivity contribution in [2.75, 3.05) is 7.11 Å². The molecule has 6 nitrogen and oxygen atoms in total. The second-order valence-electron chi connectivity index (χ2n) is 7.45. The van der Waals surface area contributed by atoms with E-state index in [-0.39, 0.29) is 12.1 Å². The molecular formula is C24H23N3O3. The molecule has 152 valence electrons. The minimum Gasteiger partial charge on any atom is -0.495 e. The summed E-state index contributed by atoms with van der Waals surface area (Å²) in [5.41, 5.74) is 3.57. The molecule has 4 aromatic rings. The van der Waals surface area contributed by atoms with Crippen LogP contribution in [0.3, 0.4) is 0 Å². The molecule has 0 amide bonds. The van der Waals surface area contributed by atoms with Crippen molar-refractivity contribution in [3.63, 3.8) is 0 Å². The number of hydrogen-bond acceptors (Lipinski definition) is 4. The van der Waals surface area contributed by atoms with Crippen LogP contribution in [0.4, 0.5) is 0 Å². The third-order valence-corrected chi connectivity index (χ3v) is 5.17. The van der Waals surface area contributed by atoms with Crippen molar-refractivity contribution >= 4 is 11.0 Å². The summed E-state index contributed by atoms with van der Waals surface area (Å²) in [6.07, 6.45) is 0. The van der Waals surface area contributed by atoms with Gasteiger partial charge in [-0.05, 0) is 50.1 Å². The van der Waals surface area contributed by atoms with Gasteiger partial charge in [-0.25, -0.2) is 14.3 Å². The molecule has 0 spiro atoms. The van der Waals surface area contributed by atoms with Crippen LogP contribution in [0.1, 0.15) is 22.4 Å². The van der Waals surface area contributed by atoms with E-state index in [0.717, 1.165) is 22.4 Å². The largest absolute Gasteiger partial charge is 0.495 e. The van der Waals surface area contributed by atoms with Gasteiger partial charge in [-0.3, -0.25) is 9.36 Å². The molecule has 4 rings (SSSR count).